The van der Waals surface area contributed by atoms with Crippen molar-refractivity contribution in [2.45, 2.75) is 123 Å². The Balaban J connectivity index is 4.98. The van der Waals surface area contributed by atoms with Gasteiger partial charge in [0.25, 0.3) is 0 Å². The summed E-state index contributed by atoms with van der Waals surface area (Å²) in [7, 11) is 0. The summed E-state index contributed by atoms with van der Waals surface area (Å²) < 4.78 is 11.2. The molecule has 8 nitrogen and oxygen atoms in total. The van der Waals surface area contributed by atoms with Crippen LogP contribution < -0.4 is 21.3 Å². The smallest absolute Gasteiger partial charge is 0.333 e. The van der Waals surface area contributed by atoms with E-state index in [-0.39, 0.29) is 40.3 Å². The van der Waals surface area contributed by atoms with Gasteiger partial charge in [0.2, 0.25) is 0 Å². The van der Waals surface area contributed by atoms with Crippen molar-refractivity contribution in [1.29, 1.82) is 0 Å². The van der Waals surface area contributed by atoms with Crippen LogP contribution in [0.25, 0.3) is 0 Å². The molecule has 0 saturated carbocycles. The Bertz CT molecular complexity index is 748. The van der Waals surface area contributed by atoms with Gasteiger partial charge in [-0.3, -0.25) is 0 Å². The Morgan fingerprint density at radius 3 is 1.38 bits per heavy atom. The first-order valence-corrected chi connectivity index (χ1v) is 13.3. The van der Waals surface area contributed by atoms with Crippen molar-refractivity contribution in [1.82, 2.24) is 21.3 Å². The minimum Gasteiger partial charge on any atom is -0.457 e. The van der Waals surface area contributed by atoms with E-state index in [0.29, 0.717) is 31.8 Å². The Morgan fingerprint density at radius 1 is 0.703 bits per heavy atom. The number of carbonyl (C=O) groups is 2. The van der Waals surface area contributed by atoms with Gasteiger partial charge < -0.3 is 30.7 Å². The number of nitrogens with one attached hydrogen (secondary N) is 4. The minimum atomic E-state index is -0.423. The van der Waals surface area contributed by atoms with E-state index in [2.05, 4.69) is 104 Å². The highest BCUT2D eigenvalue weighted by Gasteiger charge is 2.27. The summed E-state index contributed by atoms with van der Waals surface area (Å²) in [6.45, 7) is 32.1. The van der Waals surface area contributed by atoms with Crippen LogP contribution in [0.3, 0.4) is 0 Å². The largest absolute Gasteiger partial charge is 0.457 e. The molecule has 4 N–H and O–H groups in total. The van der Waals surface area contributed by atoms with Gasteiger partial charge in [-0.2, -0.15) is 0 Å². The maximum Gasteiger partial charge on any atom is 0.333 e. The standard InChI is InChI=1S/C29H56N4O4/c1-14-24(34)36-22(17-30-26(4,5)6)19-32-28(10,11)15-16-29(12,13)33-20-23(18-31-27(7,8)9)37-25(35)21(2)3/h14,22-23,30-33H,1-2,15-20H2,3-13H3. The van der Waals surface area contributed by atoms with Gasteiger partial charge in [0, 0.05) is 60.0 Å². The number of esters is 2. The number of hydrogen-bond acceptors (Lipinski definition) is 8. The van der Waals surface area contributed by atoms with Crippen LogP contribution in [0.2, 0.25) is 0 Å². The maximum absolute atomic E-state index is 12.1. The van der Waals surface area contributed by atoms with Gasteiger partial charge in [-0.05, 0) is 89.0 Å². The van der Waals surface area contributed by atoms with Crippen molar-refractivity contribution in [2.24, 2.45) is 0 Å². The van der Waals surface area contributed by atoms with E-state index >= 15 is 0 Å². The molecule has 37 heavy (non-hydrogen) atoms. The Hall–Kier alpha value is -1.74. The molecule has 0 amide bonds. The highest BCUT2D eigenvalue weighted by molar-refractivity contribution is 5.87. The normalized spacial score (nSPS) is 14.6. The SMILES string of the molecule is C=CC(=O)OC(CNC(C)(C)C)CNC(C)(C)CCC(C)(C)NCC(CNC(C)(C)C)OC(=O)C(=C)C. The van der Waals surface area contributed by atoms with Gasteiger partial charge >= 0.3 is 11.9 Å². The van der Waals surface area contributed by atoms with E-state index in [1.807, 2.05) is 0 Å². The molecule has 0 aromatic carbocycles. The third kappa shape index (κ3) is 19.1. The van der Waals surface area contributed by atoms with Crippen LogP contribution in [-0.2, 0) is 19.1 Å². The van der Waals surface area contributed by atoms with Gasteiger partial charge in [-0.1, -0.05) is 13.2 Å². The van der Waals surface area contributed by atoms with E-state index < -0.39 is 5.97 Å². The van der Waals surface area contributed by atoms with E-state index in [0.717, 1.165) is 12.8 Å². The molecule has 0 aliphatic rings. The van der Waals surface area contributed by atoms with Crippen LogP contribution in [0.15, 0.2) is 24.8 Å². The summed E-state index contributed by atoms with van der Waals surface area (Å²) in [4.78, 5) is 24.0. The second-order valence-electron chi connectivity index (χ2n) is 13.4. The van der Waals surface area contributed by atoms with Gasteiger partial charge in [0.05, 0.1) is 0 Å². The summed E-state index contributed by atoms with van der Waals surface area (Å²) in [6, 6.07) is 0. The lowest BCUT2D eigenvalue weighted by Crippen LogP contribution is -2.52. The fourth-order valence-corrected chi connectivity index (χ4v) is 3.20. The molecule has 0 saturated heterocycles. The molecule has 0 aromatic heterocycles. The van der Waals surface area contributed by atoms with E-state index in [1.54, 1.807) is 6.92 Å². The van der Waals surface area contributed by atoms with Crippen molar-refractivity contribution in [2.75, 3.05) is 26.2 Å². The topological polar surface area (TPSA) is 101 Å². The predicted octanol–water partition coefficient (Wildman–Crippen LogP) is 3.86. The van der Waals surface area contributed by atoms with Gasteiger partial charge in [-0.25, -0.2) is 9.59 Å². The molecule has 0 bridgehead atoms. The average molecular weight is 525 g/mol. The minimum absolute atomic E-state index is 0.0804. The Kier molecular flexibility index (Phi) is 14.3. The zero-order chi connectivity index (χ0) is 29.1. The number of rotatable bonds is 17. The molecule has 0 rings (SSSR count). The molecule has 2 atom stereocenters. The van der Waals surface area contributed by atoms with Crippen molar-refractivity contribution >= 4 is 11.9 Å². The molecule has 0 aliphatic heterocycles. The lowest BCUT2D eigenvalue weighted by molar-refractivity contribution is -0.144. The van der Waals surface area contributed by atoms with Gasteiger partial charge in [0.1, 0.15) is 12.2 Å². The van der Waals surface area contributed by atoms with Crippen molar-refractivity contribution in [3.63, 3.8) is 0 Å². The molecular weight excluding hydrogens is 468 g/mol. The molecule has 216 valence electrons. The first kappa shape index (κ1) is 35.3. The van der Waals surface area contributed by atoms with E-state index in [1.165, 1.54) is 6.08 Å². The number of carbonyl (C=O) groups excluding carboxylic acids is 2. The molecule has 2 unspecified atom stereocenters. The van der Waals surface area contributed by atoms with E-state index in [4.69, 9.17) is 9.47 Å². The van der Waals surface area contributed by atoms with Gasteiger partial charge in [-0.15, -0.1) is 0 Å². The van der Waals surface area contributed by atoms with Crippen LogP contribution in [0.5, 0.6) is 0 Å². The monoisotopic (exact) mass is 524 g/mol. The first-order chi connectivity index (χ1) is 16.6. The molecule has 0 aliphatic carbocycles. The zero-order valence-electron chi connectivity index (χ0n) is 25.5. The lowest BCUT2D eigenvalue weighted by Gasteiger charge is -2.35. The van der Waals surface area contributed by atoms with Crippen molar-refractivity contribution in [3.8, 4) is 0 Å². The third-order valence-corrected chi connectivity index (χ3v) is 5.78. The third-order valence-electron chi connectivity index (χ3n) is 5.78. The van der Waals surface area contributed by atoms with Crippen LogP contribution in [0.1, 0.15) is 89.0 Å². The molecule has 0 aromatic rings. The molecular formula is C29H56N4O4. The molecule has 0 radical (unpaired) electrons. The second-order valence-corrected chi connectivity index (χ2v) is 13.4. The summed E-state index contributed by atoms with van der Waals surface area (Å²) in [5, 5.41) is 14.0. The van der Waals surface area contributed by atoms with Gasteiger partial charge in [0.15, 0.2) is 0 Å². The summed E-state index contributed by atoms with van der Waals surface area (Å²) in [5.41, 5.74) is -0.138. The highest BCUT2D eigenvalue weighted by Crippen LogP contribution is 2.20. The molecule has 0 heterocycles. The highest BCUT2D eigenvalue weighted by atomic mass is 16.5. The second kappa shape index (κ2) is 15.0. The summed E-state index contributed by atoms with van der Waals surface area (Å²) in [5.74, 6) is -0.799. The van der Waals surface area contributed by atoms with E-state index in [9.17, 15) is 9.59 Å². The number of hydrogen-bond donors (Lipinski definition) is 4. The van der Waals surface area contributed by atoms with Crippen LogP contribution in [0.4, 0.5) is 0 Å². The summed E-state index contributed by atoms with van der Waals surface area (Å²) >= 11 is 0. The molecule has 0 spiro atoms. The average Bonchev–Trinajstić information content (AvgIpc) is 2.74. The van der Waals surface area contributed by atoms with Crippen LogP contribution in [-0.4, -0.2) is 72.5 Å². The maximum atomic E-state index is 12.1. The fraction of sp³-hybridized carbons (Fsp3) is 0.793. The Morgan fingerprint density at radius 2 is 1.05 bits per heavy atom. The van der Waals surface area contributed by atoms with Crippen molar-refractivity contribution < 1.29 is 19.1 Å². The van der Waals surface area contributed by atoms with Crippen molar-refractivity contribution in [3.05, 3.63) is 24.8 Å². The first-order valence-electron chi connectivity index (χ1n) is 13.3. The Labute approximate surface area is 226 Å². The molecule has 8 heteroatoms. The lowest BCUT2D eigenvalue weighted by atomic mass is 9.89. The quantitative estimate of drug-likeness (QED) is 0.168. The van der Waals surface area contributed by atoms with Crippen LogP contribution >= 0.6 is 0 Å². The zero-order valence-corrected chi connectivity index (χ0v) is 25.5. The van der Waals surface area contributed by atoms with Crippen LogP contribution in [0, 0.1) is 0 Å². The molecule has 0 fully saturated rings. The predicted molar refractivity (Wildman–Crippen MR) is 154 cm³/mol. The fourth-order valence-electron chi connectivity index (χ4n) is 3.20. The summed E-state index contributed by atoms with van der Waals surface area (Å²) in [6.07, 6.45) is 2.34. The number of ether oxygens (including phenoxy) is 2.